The number of rotatable bonds is 6. The lowest BCUT2D eigenvalue weighted by molar-refractivity contribution is -0.160. The molecule has 1 rings (SSSR count). The largest absolute Gasteiger partial charge is 0.479 e. The summed E-state index contributed by atoms with van der Waals surface area (Å²) >= 11 is 5.98. The number of aliphatic carboxylic acids is 1. The highest BCUT2D eigenvalue weighted by Crippen LogP contribution is 2.34. The van der Waals surface area contributed by atoms with Crippen molar-refractivity contribution in [3.8, 4) is 0 Å². The summed E-state index contributed by atoms with van der Waals surface area (Å²) in [5, 5.41) is 10.2. The zero-order chi connectivity index (χ0) is 15.3. The van der Waals surface area contributed by atoms with E-state index >= 15 is 0 Å². The molecule has 110 valence electrons. The smallest absolute Gasteiger partial charge is 0.334 e. The molecule has 20 heavy (non-hydrogen) atoms. The first-order valence-electron chi connectivity index (χ1n) is 6.67. The molecule has 0 aliphatic carbocycles. The van der Waals surface area contributed by atoms with Crippen molar-refractivity contribution in [1.82, 2.24) is 4.90 Å². The van der Waals surface area contributed by atoms with Gasteiger partial charge in [0.1, 0.15) is 0 Å². The summed E-state index contributed by atoms with van der Waals surface area (Å²) in [4.78, 5) is 25.3. The van der Waals surface area contributed by atoms with Crippen LogP contribution in [0.25, 0.3) is 0 Å². The predicted molar refractivity (Wildman–Crippen MR) is 78.7 cm³/mol. The van der Waals surface area contributed by atoms with Gasteiger partial charge in [0.25, 0.3) is 0 Å². The standard InChI is InChI=1S/C15H20ClNO3/c1-4-9-17(11(3)18)15(5-2,14(19)20)12-7-6-8-13(16)10-12/h6-8,10H,4-5,9H2,1-3H3,(H,19,20). The molecule has 0 fully saturated rings. The van der Waals surface area contributed by atoms with Crippen LogP contribution in [-0.4, -0.2) is 28.4 Å². The molecule has 1 unspecified atom stereocenters. The fourth-order valence-corrected chi connectivity index (χ4v) is 2.72. The maximum atomic E-state index is 11.9. The monoisotopic (exact) mass is 297 g/mol. The first-order chi connectivity index (χ1) is 9.40. The van der Waals surface area contributed by atoms with Crippen LogP contribution in [0.3, 0.4) is 0 Å². The van der Waals surface area contributed by atoms with Crippen molar-refractivity contribution in [3.05, 3.63) is 34.9 Å². The average Bonchev–Trinajstić information content (AvgIpc) is 2.38. The number of halogens is 1. The van der Waals surface area contributed by atoms with Crippen LogP contribution >= 0.6 is 11.6 Å². The third-order valence-corrected chi connectivity index (χ3v) is 3.69. The van der Waals surface area contributed by atoms with Crippen molar-refractivity contribution < 1.29 is 14.7 Å². The van der Waals surface area contributed by atoms with Crippen LogP contribution in [0.2, 0.25) is 5.02 Å². The highest BCUT2D eigenvalue weighted by molar-refractivity contribution is 6.30. The van der Waals surface area contributed by atoms with Gasteiger partial charge in [-0.15, -0.1) is 0 Å². The topological polar surface area (TPSA) is 57.6 Å². The summed E-state index contributed by atoms with van der Waals surface area (Å²) < 4.78 is 0. The number of nitrogens with zero attached hydrogens (tertiary/aromatic N) is 1. The van der Waals surface area contributed by atoms with E-state index in [1.165, 1.54) is 11.8 Å². The molecule has 5 heteroatoms. The van der Waals surface area contributed by atoms with Gasteiger partial charge < -0.3 is 10.0 Å². The minimum Gasteiger partial charge on any atom is -0.479 e. The zero-order valence-electron chi connectivity index (χ0n) is 12.0. The van der Waals surface area contributed by atoms with E-state index in [9.17, 15) is 14.7 Å². The van der Waals surface area contributed by atoms with Gasteiger partial charge in [-0.1, -0.05) is 37.6 Å². The fraction of sp³-hybridized carbons (Fsp3) is 0.467. The molecule has 4 nitrogen and oxygen atoms in total. The second-order valence-electron chi connectivity index (χ2n) is 4.70. The average molecular weight is 298 g/mol. The number of hydrogen-bond acceptors (Lipinski definition) is 2. The molecular weight excluding hydrogens is 278 g/mol. The van der Waals surface area contributed by atoms with E-state index in [0.29, 0.717) is 23.6 Å². The SMILES string of the molecule is CCCN(C(C)=O)C(CC)(C(=O)O)c1cccc(Cl)c1. The van der Waals surface area contributed by atoms with Crippen molar-refractivity contribution in [2.75, 3.05) is 6.54 Å². The van der Waals surface area contributed by atoms with E-state index in [1.54, 1.807) is 31.2 Å². The summed E-state index contributed by atoms with van der Waals surface area (Å²) in [6.07, 6.45) is 0.970. The van der Waals surface area contributed by atoms with Crippen LogP contribution in [0.4, 0.5) is 0 Å². The molecule has 0 aromatic heterocycles. The van der Waals surface area contributed by atoms with E-state index in [4.69, 9.17) is 11.6 Å². The van der Waals surface area contributed by atoms with Gasteiger partial charge in [0.15, 0.2) is 5.54 Å². The Morgan fingerprint density at radius 3 is 2.40 bits per heavy atom. The number of carboxylic acid groups (broad SMARTS) is 1. The summed E-state index contributed by atoms with van der Waals surface area (Å²) in [6, 6.07) is 6.71. The molecule has 1 amide bonds. The Kier molecular flexibility index (Phi) is 5.57. The summed E-state index contributed by atoms with van der Waals surface area (Å²) in [6.45, 7) is 5.46. The Morgan fingerprint density at radius 2 is 2.00 bits per heavy atom. The Bertz CT molecular complexity index is 504. The van der Waals surface area contributed by atoms with Gasteiger partial charge in [-0.05, 0) is 30.5 Å². The molecule has 0 aliphatic rings. The van der Waals surface area contributed by atoms with Gasteiger partial charge in [0.05, 0.1) is 0 Å². The minimum atomic E-state index is -1.37. The molecule has 0 radical (unpaired) electrons. The van der Waals surface area contributed by atoms with Crippen LogP contribution in [0.5, 0.6) is 0 Å². The van der Waals surface area contributed by atoms with E-state index in [-0.39, 0.29) is 12.3 Å². The van der Waals surface area contributed by atoms with Gasteiger partial charge in [-0.25, -0.2) is 4.79 Å². The maximum absolute atomic E-state index is 11.9. The first kappa shape index (κ1) is 16.5. The summed E-state index contributed by atoms with van der Waals surface area (Å²) in [7, 11) is 0. The maximum Gasteiger partial charge on any atom is 0.334 e. The second kappa shape index (κ2) is 6.75. The van der Waals surface area contributed by atoms with Crippen LogP contribution in [0.15, 0.2) is 24.3 Å². The lowest BCUT2D eigenvalue weighted by atomic mass is 9.85. The number of amides is 1. The molecule has 0 aliphatic heterocycles. The zero-order valence-corrected chi connectivity index (χ0v) is 12.8. The van der Waals surface area contributed by atoms with Gasteiger partial charge in [-0.3, -0.25) is 4.79 Å². The molecule has 0 bridgehead atoms. The minimum absolute atomic E-state index is 0.254. The molecule has 0 saturated carbocycles. The molecule has 0 saturated heterocycles. The van der Waals surface area contributed by atoms with Crippen molar-refractivity contribution in [3.63, 3.8) is 0 Å². The second-order valence-corrected chi connectivity index (χ2v) is 5.14. The quantitative estimate of drug-likeness (QED) is 0.876. The number of carbonyl (C=O) groups excluding carboxylic acids is 1. The molecule has 1 aromatic rings. The van der Waals surface area contributed by atoms with Crippen LogP contribution in [0.1, 0.15) is 39.2 Å². The van der Waals surface area contributed by atoms with Crippen molar-refractivity contribution in [1.29, 1.82) is 0 Å². The molecule has 0 heterocycles. The molecule has 1 N–H and O–H groups in total. The lowest BCUT2D eigenvalue weighted by Crippen LogP contribution is -2.54. The number of carboxylic acids is 1. The number of hydrogen-bond donors (Lipinski definition) is 1. The van der Waals surface area contributed by atoms with Gasteiger partial charge in [0.2, 0.25) is 5.91 Å². The van der Waals surface area contributed by atoms with Gasteiger partial charge >= 0.3 is 5.97 Å². The first-order valence-corrected chi connectivity index (χ1v) is 7.05. The van der Waals surface area contributed by atoms with Crippen LogP contribution in [0, 0.1) is 0 Å². The van der Waals surface area contributed by atoms with Gasteiger partial charge in [-0.2, -0.15) is 0 Å². The Balaban J connectivity index is 3.49. The molecular formula is C15H20ClNO3. The highest BCUT2D eigenvalue weighted by Gasteiger charge is 2.45. The Labute approximate surface area is 124 Å². The fourth-order valence-electron chi connectivity index (χ4n) is 2.53. The normalized spacial score (nSPS) is 13.6. The predicted octanol–water partition coefficient (Wildman–Crippen LogP) is 3.29. The van der Waals surface area contributed by atoms with Gasteiger partial charge in [0, 0.05) is 18.5 Å². The molecule has 1 aromatic carbocycles. The summed E-state index contributed by atoms with van der Waals surface area (Å²) in [5.74, 6) is -1.29. The number of benzene rings is 1. The van der Waals surface area contributed by atoms with E-state index < -0.39 is 11.5 Å². The van der Waals surface area contributed by atoms with E-state index in [1.807, 2.05) is 6.92 Å². The summed E-state index contributed by atoms with van der Waals surface area (Å²) in [5.41, 5.74) is -0.837. The van der Waals surface area contributed by atoms with Crippen LogP contribution in [-0.2, 0) is 15.1 Å². The third kappa shape index (κ3) is 2.96. The highest BCUT2D eigenvalue weighted by atomic mass is 35.5. The Morgan fingerprint density at radius 1 is 1.35 bits per heavy atom. The lowest BCUT2D eigenvalue weighted by Gasteiger charge is -2.40. The van der Waals surface area contributed by atoms with E-state index in [0.717, 1.165) is 0 Å². The van der Waals surface area contributed by atoms with E-state index in [2.05, 4.69) is 0 Å². The van der Waals surface area contributed by atoms with Crippen molar-refractivity contribution >= 4 is 23.5 Å². The Hall–Kier alpha value is -1.55. The molecule has 1 atom stereocenters. The van der Waals surface area contributed by atoms with Crippen LogP contribution < -0.4 is 0 Å². The third-order valence-electron chi connectivity index (χ3n) is 3.46. The molecule has 0 spiro atoms. The van der Waals surface area contributed by atoms with Crippen molar-refractivity contribution in [2.24, 2.45) is 0 Å². The van der Waals surface area contributed by atoms with Crippen molar-refractivity contribution in [2.45, 2.75) is 39.2 Å². The number of carbonyl (C=O) groups is 2.